The zero-order chi connectivity index (χ0) is 18.3. The average Bonchev–Trinajstić information content (AvgIpc) is 3.10. The molecule has 1 fully saturated rings. The number of sulfonamides is 1. The van der Waals surface area contributed by atoms with Gasteiger partial charge in [-0.25, -0.2) is 22.8 Å². The van der Waals surface area contributed by atoms with E-state index in [4.69, 9.17) is 0 Å². The summed E-state index contributed by atoms with van der Waals surface area (Å²) in [5.41, 5.74) is 1.31. The molecule has 0 unspecified atom stereocenters. The summed E-state index contributed by atoms with van der Waals surface area (Å²) in [6.07, 6.45) is 1.52. The van der Waals surface area contributed by atoms with E-state index in [0.717, 1.165) is 16.0 Å². The number of nitrogens with zero attached hydrogens (tertiary/aromatic N) is 4. The molecule has 1 aliphatic heterocycles. The fraction of sp³-hybridized carbons (Fsp3) is 0.294. The van der Waals surface area contributed by atoms with Crippen LogP contribution in [0.4, 0.5) is 10.2 Å². The molecule has 0 spiro atoms. The molecule has 0 radical (unpaired) electrons. The molecule has 1 aromatic carbocycles. The third-order valence-corrected chi connectivity index (χ3v) is 7.50. The summed E-state index contributed by atoms with van der Waals surface area (Å²) in [7, 11) is -3.86. The van der Waals surface area contributed by atoms with Crippen molar-refractivity contribution >= 4 is 37.4 Å². The van der Waals surface area contributed by atoms with E-state index >= 15 is 0 Å². The van der Waals surface area contributed by atoms with E-state index in [1.807, 2.05) is 11.4 Å². The summed E-state index contributed by atoms with van der Waals surface area (Å²) in [6.45, 7) is 3.17. The molecule has 0 amide bonds. The van der Waals surface area contributed by atoms with Crippen LogP contribution in [-0.2, 0) is 10.0 Å². The SMILES string of the molecule is Cc1cccc(F)c1S(=O)(=O)N1CCN(c2ncnc3ccsc23)CC1. The number of aryl methyl sites for hydroxylation is 1. The van der Waals surface area contributed by atoms with Gasteiger partial charge in [0.05, 0.1) is 10.2 Å². The maximum absolute atomic E-state index is 14.1. The van der Waals surface area contributed by atoms with Gasteiger partial charge in [0.2, 0.25) is 10.0 Å². The Morgan fingerprint density at radius 3 is 2.62 bits per heavy atom. The van der Waals surface area contributed by atoms with Crippen LogP contribution in [0.1, 0.15) is 5.56 Å². The molecule has 3 aromatic rings. The standard InChI is InChI=1S/C17H17FN4O2S2/c1-12-3-2-4-13(18)16(12)26(23,24)22-8-6-21(7-9-22)17-15-14(5-10-25-15)19-11-20-17/h2-5,10-11H,6-9H2,1H3. The first-order valence-corrected chi connectivity index (χ1v) is 10.5. The van der Waals surface area contributed by atoms with E-state index < -0.39 is 15.8 Å². The van der Waals surface area contributed by atoms with Crippen molar-refractivity contribution < 1.29 is 12.8 Å². The molecule has 6 nitrogen and oxygen atoms in total. The lowest BCUT2D eigenvalue weighted by Crippen LogP contribution is -2.49. The van der Waals surface area contributed by atoms with Crippen molar-refractivity contribution in [1.82, 2.24) is 14.3 Å². The molecule has 0 N–H and O–H groups in total. The number of halogens is 1. The Morgan fingerprint density at radius 1 is 1.12 bits per heavy atom. The Bertz CT molecular complexity index is 1040. The van der Waals surface area contributed by atoms with E-state index in [1.165, 1.54) is 22.8 Å². The van der Waals surface area contributed by atoms with Crippen LogP contribution in [0.15, 0.2) is 40.9 Å². The number of benzene rings is 1. The van der Waals surface area contributed by atoms with Gasteiger partial charge in [-0.05, 0) is 30.0 Å². The van der Waals surface area contributed by atoms with Gasteiger partial charge in [0.1, 0.15) is 22.9 Å². The van der Waals surface area contributed by atoms with Crippen molar-refractivity contribution in [2.75, 3.05) is 31.1 Å². The van der Waals surface area contributed by atoms with E-state index in [0.29, 0.717) is 18.7 Å². The lowest BCUT2D eigenvalue weighted by molar-refractivity contribution is 0.381. The molecule has 2 aromatic heterocycles. The highest BCUT2D eigenvalue weighted by Crippen LogP contribution is 2.30. The lowest BCUT2D eigenvalue weighted by Gasteiger charge is -2.35. The zero-order valence-electron chi connectivity index (χ0n) is 14.1. The fourth-order valence-corrected chi connectivity index (χ4v) is 5.77. The van der Waals surface area contributed by atoms with Gasteiger partial charge in [-0.1, -0.05) is 12.1 Å². The highest BCUT2D eigenvalue weighted by molar-refractivity contribution is 7.89. The maximum Gasteiger partial charge on any atom is 0.246 e. The third-order valence-electron chi connectivity index (χ3n) is 4.52. The Labute approximate surface area is 155 Å². The Morgan fingerprint density at radius 2 is 1.88 bits per heavy atom. The van der Waals surface area contributed by atoms with E-state index in [2.05, 4.69) is 14.9 Å². The number of hydrogen-bond acceptors (Lipinski definition) is 6. The quantitative estimate of drug-likeness (QED) is 0.686. The molecular weight excluding hydrogens is 375 g/mol. The molecule has 0 atom stereocenters. The van der Waals surface area contributed by atoms with Crippen molar-refractivity contribution in [2.24, 2.45) is 0 Å². The predicted molar refractivity (Wildman–Crippen MR) is 99.5 cm³/mol. The molecule has 9 heteroatoms. The normalized spacial score (nSPS) is 16.3. The minimum Gasteiger partial charge on any atom is -0.353 e. The molecule has 1 saturated heterocycles. The van der Waals surface area contributed by atoms with Gasteiger partial charge in [0.15, 0.2) is 0 Å². The van der Waals surface area contributed by atoms with Crippen LogP contribution < -0.4 is 4.90 Å². The second kappa shape index (κ2) is 6.57. The first-order valence-electron chi connectivity index (χ1n) is 8.17. The highest BCUT2D eigenvalue weighted by atomic mass is 32.2. The van der Waals surface area contributed by atoms with Gasteiger partial charge >= 0.3 is 0 Å². The van der Waals surface area contributed by atoms with Crippen LogP contribution in [0.2, 0.25) is 0 Å². The minimum absolute atomic E-state index is 0.226. The first kappa shape index (κ1) is 17.3. The molecule has 0 aliphatic carbocycles. The summed E-state index contributed by atoms with van der Waals surface area (Å²) in [5.74, 6) is 0.118. The topological polar surface area (TPSA) is 66.4 Å². The second-order valence-corrected chi connectivity index (χ2v) is 8.90. The number of aromatic nitrogens is 2. The Kier molecular flexibility index (Phi) is 4.37. The summed E-state index contributed by atoms with van der Waals surface area (Å²) >= 11 is 1.57. The van der Waals surface area contributed by atoms with E-state index in [9.17, 15) is 12.8 Å². The number of anilines is 1. The van der Waals surface area contributed by atoms with Crippen molar-refractivity contribution in [1.29, 1.82) is 0 Å². The van der Waals surface area contributed by atoms with Gasteiger partial charge in [0.25, 0.3) is 0 Å². The van der Waals surface area contributed by atoms with Crippen LogP contribution >= 0.6 is 11.3 Å². The monoisotopic (exact) mass is 392 g/mol. The van der Waals surface area contributed by atoms with Crippen LogP contribution in [-0.4, -0.2) is 48.9 Å². The largest absolute Gasteiger partial charge is 0.353 e. The predicted octanol–water partition coefficient (Wildman–Crippen LogP) is 2.65. The molecule has 0 bridgehead atoms. The molecule has 0 saturated carbocycles. The van der Waals surface area contributed by atoms with E-state index in [-0.39, 0.29) is 18.0 Å². The second-order valence-electron chi connectivity index (χ2n) is 6.11. The molecular formula is C17H17FN4O2S2. The number of rotatable bonds is 3. The molecule has 26 heavy (non-hydrogen) atoms. The summed E-state index contributed by atoms with van der Waals surface area (Å²) < 4.78 is 42.3. The van der Waals surface area contributed by atoms with Crippen molar-refractivity contribution in [2.45, 2.75) is 11.8 Å². The van der Waals surface area contributed by atoms with Gasteiger partial charge in [0, 0.05) is 26.2 Å². The van der Waals surface area contributed by atoms with Gasteiger partial charge in [-0.2, -0.15) is 4.31 Å². The van der Waals surface area contributed by atoms with Crippen LogP contribution in [0, 0.1) is 12.7 Å². The number of hydrogen-bond donors (Lipinski definition) is 0. The zero-order valence-corrected chi connectivity index (χ0v) is 15.7. The summed E-state index contributed by atoms with van der Waals surface area (Å²) in [4.78, 5) is 10.4. The number of piperazine rings is 1. The smallest absolute Gasteiger partial charge is 0.246 e. The molecule has 3 heterocycles. The van der Waals surface area contributed by atoms with Crippen molar-refractivity contribution in [3.63, 3.8) is 0 Å². The number of thiophene rings is 1. The average molecular weight is 392 g/mol. The van der Waals surface area contributed by atoms with Crippen LogP contribution in [0.5, 0.6) is 0 Å². The first-order chi connectivity index (χ1) is 12.5. The third kappa shape index (κ3) is 2.85. The summed E-state index contributed by atoms with van der Waals surface area (Å²) in [6, 6.07) is 6.25. The molecule has 4 rings (SSSR count). The highest BCUT2D eigenvalue weighted by Gasteiger charge is 2.32. The lowest BCUT2D eigenvalue weighted by atomic mass is 10.2. The van der Waals surface area contributed by atoms with Gasteiger partial charge < -0.3 is 4.90 Å². The minimum atomic E-state index is -3.86. The van der Waals surface area contributed by atoms with Gasteiger partial charge in [-0.3, -0.25) is 0 Å². The van der Waals surface area contributed by atoms with E-state index in [1.54, 1.807) is 24.3 Å². The van der Waals surface area contributed by atoms with Gasteiger partial charge in [-0.15, -0.1) is 11.3 Å². The van der Waals surface area contributed by atoms with Crippen molar-refractivity contribution in [3.05, 3.63) is 47.4 Å². The molecule has 136 valence electrons. The Balaban J connectivity index is 1.58. The maximum atomic E-state index is 14.1. The Hall–Kier alpha value is -2.10. The molecule has 1 aliphatic rings. The van der Waals surface area contributed by atoms with Crippen molar-refractivity contribution in [3.8, 4) is 0 Å². The van der Waals surface area contributed by atoms with Crippen LogP contribution in [0.3, 0.4) is 0 Å². The van der Waals surface area contributed by atoms with Crippen LogP contribution in [0.25, 0.3) is 10.2 Å². The fourth-order valence-electron chi connectivity index (χ4n) is 3.21. The number of fused-ring (bicyclic) bond motifs is 1. The summed E-state index contributed by atoms with van der Waals surface area (Å²) in [5, 5.41) is 1.96.